The van der Waals surface area contributed by atoms with Gasteiger partial charge in [-0.15, -0.1) is 0 Å². The van der Waals surface area contributed by atoms with Crippen LogP contribution in [0.1, 0.15) is 71.8 Å². The lowest BCUT2D eigenvalue weighted by Gasteiger charge is -2.53. The van der Waals surface area contributed by atoms with E-state index in [1.54, 1.807) is 12.4 Å². The van der Waals surface area contributed by atoms with Crippen LogP contribution in [-0.4, -0.2) is 51.9 Å². The third-order valence-electron chi connectivity index (χ3n) is 8.87. The molecule has 2 bridgehead atoms. The molecule has 1 aliphatic carbocycles. The molecule has 0 spiro atoms. The Kier molecular flexibility index (Phi) is 6.15. The number of likely N-dealkylation sites (tertiary alicyclic amines) is 1. The van der Waals surface area contributed by atoms with Gasteiger partial charge in [-0.1, -0.05) is 67.1 Å². The first-order valence-electron chi connectivity index (χ1n) is 13.3. The van der Waals surface area contributed by atoms with Gasteiger partial charge in [-0.05, 0) is 68.5 Å². The van der Waals surface area contributed by atoms with Crippen LogP contribution in [-0.2, 0) is 0 Å². The number of carbonyl (C=O) groups excluding carboxylic acids is 1. The highest BCUT2D eigenvalue weighted by molar-refractivity contribution is 5.94. The second-order valence-electron chi connectivity index (χ2n) is 10.7. The fraction of sp³-hybridized carbons (Fsp3) is 0.419. The van der Waals surface area contributed by atoms with Gasteiger partial charge in [0.1, 0.15) is 0 Å². The third kappa shape index (κ3) is 4.18. The molecule has 3 aromatic rings. The number of benzene rings is 2. The fourth-order valence-corrected chi connectivity index (χ4v) is 7.25. The van der Waals surface area contributed by atoms with Crippen molar-refractivity contribution in [2.45, 2.75) is 61.9 Å². The van der Waals surface area contributed by atoms with Crippen LogP contribution in [0.3, 0.4) is 0 Å². The van der Waals surface area contributed by atoms with Crippen molar-refractivity contribution < 1.29 is 4.79 Å². The van der Waals surface area contributed by atoms with Gasteiger partial charge in [-0.3, -0.25) is 14.7 Å². The number of piperidine rings is 1. The van der Waals surface area contributed by atoms with Crippen molar-refractivity contribution in [1.82, 2.24) is 14.8 Å². The summed E-state index contributed by atoms with van der Waals surface area (Å²) >= 11 is 0. The van der Waals surface area contributed by atoms with Gasteiger partial charge in [0.2, 0.25) is 0 Å². The Hall–Kier alpha value is -2.98. The average Bonchev–Trinajstić information content (AvgIpc) is 3.23. The standard InChI is InChI=1S/C31H35N3O/c35-30(26-14-17-32-18-15-26)34-21-16-31(33-19-8-3-9-20-33)22-27(24-10-4-1-5-11-24)29(34)28(23-31)25-12-6-2-7-13-25/h1-2,4-7,10-15,17-18,27-29H,3,8-9,16,19-23H2/t27-,28-,29?,31?/m0/s1. The average molecular weight is 466 g/mol. The SMILES string of the molecule is O=C(c1ccncc1)N1CCC2(N3CCCCC3)C[C@@H](c3ccccc3)C1[C@H](c1ccccc1)C2. The van der Waals surface area contributed by atoms with Crippen LogP contribution in [0.25, 0.3) is 0 Å². The van der Waals surface area contributed by atoms with Crippen molar-refractivity contribution in [1.29, 1.82) is 0 Å². The van der Waals surface area contributed by atoms with E-state index in [2.05, 4.69) is 75.4 Å². The Morgan fingerprint density at radius 3 is 1.89 bits per heavy atom. The van der Waals surface area contributed by atoms with E-state index in [1.807, 2.05) is 12.1 Å². The minimum atomic E-state index is 0.130. The molecule has 3 aliphatic heterocycles. The van der Waals surface area contributed by atoms with Gasteiger partial charge in [0.15, 0.2) is 0 Å². The second-order valence-corrected chi connectivity index (χ2v) is 10.7. The predicted octanol–water partition coefficient (Wildman–Crippen LogP) is 5.88. The zero-order chi connectivity index (χ0) is 23.7. The Labute approximate surface area is 209 Å². The van der Waals surface area contributed by atoms with Crippen LogP contribution in [0.4, 0.5) is 0 Å². The lowest BCUT2D eigenvalue weighted by atomic mass is 9.63. The second kappa shape index (κ2) is 9.58. The molecule has 0 unspecified atom stereocenters. The maximum Gasteiger partial charge on any atom is 0.254 e. The van der Waals surface area contributed by atoms with Crippen LogP contribution in [0.5, 0.6) is 0 Å². The van der Waals surface area contributed by atoms with E-state index in [0.29, 0.717) is 11.8 Å². The number of nitrogens with zero attached hydrogens (tertiary/aromatic N) is 3. The Morgan fingerprint density at radius 1 is 0.743 bits per heavy atom. The molecular formula is C31H35N3O. The topological polar surface area (TPSA) is 36.4 Å². The summed E-state index contributed by atoms with van der Waals surface area (Å²) in [4.78, 5) is 23.3. The van der Waals surface area contributed by atoms with Gasteiger partial charge in [0, 0.05) is 47.9 Å². The molecule has 3 saturated heterocycles. The van der Waals surface area contributed by atoms with Crippen molar-refractivity contribution in [3.63, 3.8) is 0 Å². The summed E-state index contributed by atoms with van der Waals surface area (Å²) in [7, 11) is 0. The Bertz CT molecular complexity index is 1080. The lowest BCUT2D eigenvalue weighted by molar-refractivity contribution is 0.0160. The highest BCUT2D eigenvalue weighted by Gasteiger charge is 2.55. The summed E-state index contributed by atoms with van der Waals surface area (Å²) in [6, 6.07) is 25.9. The van der Waals surface area contributed by atoms with Crippen molar-refractivity contribution in [3.05, 3.63) is 102 Å². The molecule has 1 aromatic heterocycles. The summed E-state index contributed by atoms with van der Waals surface area (Å²) < 4.78 is 0. The molecule has 35 heavy (non-hydrogen) atoms. The largest absolute Gasteiger partial charge is 0.334 e. The molecule has 1 amide bonds. The van der Waals surface area contributed by atoms with Crippen LogP contribution in [0.2, 0.25) is 0 Å². The van der Waals surface area contributed by atoms with Gasteiger partial charge >= 0.3 is 0 Å². The summed E-state index contributed by atoms with van der Waals surface area (Å²) in [5.74, 6) is 0.770. The van der Waals surface area contributed by atoms with Gasteiger partial charge < -0.3 is 4.90 Å². The van der Waals surface area contributed by atoms with Crippen LogP contribution in [0.15, 0.2) is 85.2 Å². The summed E-state index contributed by atoms with van der Waals surface area (Å²) in [5.41, 5.74) is 3.62. The van der Waals surface area contributed by atoms with E-state index >= 15 is 0 Å². The van der Waals surface area contributed by atoms with E-state index in [4.69, 9.17) is 0 Å². The zero-order valence-corrected chi connectivity index (χ0v) is 20.4. The molecule has 2 atom stereocenters. The molecule has 7 rings (SSSR count). The van der Waals surface area contributed by atoms with Gasteiger partial charge in [-0.25, -0.2) is 0 Å². The van der Waals surface area contributed by atoms with E-state index in [9.17, 15) is 4.79 Å². The maximum absolute atomic E-state index is 14.1. The third-order valence-corrected chi connectivity index (χ3v) is 8.87. The monoisotopic (exact) mass is 465 g/mol. The number of pyridine rings is 1. The van der Waals surface area contributed by atoms with Crippen molar-refractivity contribution in [3.8, 4) is 0 Å². The first-order chi connectivity index (χ1) is 17.3. The molecule has 4 fully saturated rings. The lowest BCUT2D eigenvalue weighted by Crippen LogP contribution is -2.56. The van der Waals surface area contributed by atoms with E-state index in [0.717, 1.165) is 31.4 Å². The quantitative estimate of drug-likeness (QED) is 0.483. The van der Waals surface area contributed by atoms with Gasteiger partial charge in [-0.2, -0.15) is 0 Å². The molecule has 4 heteroatoms. The van der Waals surface area contributed by atoms with Crippen LogP contribution >= 0.6 is 0 Å². The predicted molar refractivity (Wildman–Crippen MR) is 139 cm³/mol. The Balaban J connectivity index is 1.50. The first-order valence-corrected chi connectivity index (χ1v) is 13.3. The van der Waals surface area contributed by atoms with E-state index < -0.39 is 0 Å². The number of hydrogen-bond donors (Lipinski definition) is 0. The van der Waals surface area contributed by atoms with Crippen molar-refractivity contribution in [2.24, 2.45) is 0 Å². The zero-order valence-electron chi connectivity index (χ0n) is 20.4. The summed E-state index contributed by atoms with van der Waals surface area (Å²) in [6.07, 6.45) is 10.7. The molecule has 4 nitrogen and oxygen atoms in total. The number of rotatable bonds is 4. The van der Waals surface area contributed by atoms with Crippen molar-refractivity contribution in [2.75, 3.05) is 19.6 Å². The minimum Gasteiger partial charge on any atom is -0.334 e. The van der Waals surface area contributed by atoms with Crippen LogP contribution in [0, 0.1) is 0 Å². The summed E-state index contributed by atoms with van der Waals surface area (Å²) in [5, 5.41) is 0. The van der Waals surface area contributed by atoms with Crippen molar-refractivity contribution >= 4 is 5.91 Å². The number of fused-ring (bicyclic) bond motifs is 4. The first kappa shape index (κ1) is 22.5. The molecule has 0 N–H and O–H groups in total. The highest BCUT2D eigenvalue weighted by atomic mass is 16.2. The fourth-order valence-electron chi connectivity index (χ4n) is 7.25. The Morgan fingerprint density at radius 2 is 1.31 bits per heavy atom. The number of carbonyl (C=O) groups is 1. The van der Waals surface area contributed by atoms with E-state index in [-0.39, 0.29) is 17.5 Å². The smallest absolute Gasteiger partial charge is 0.254 e. The van der Waals surface area contributed by atoms with E-state index in [1.165, 1.54) is 43.5 Å². The molecule has 180 valence electrons. The van der Waals surface area contributed by atoms with Gasteiger partial charge in [0.25, 0.3) is 5.91 Å². The molecule has 0 radical (unpaired) electrons. The molecular weight excluding hydrogens is 430 g/mol. The molecule has 4 aliphatic rings. The maximum atomic E-state index is 14.1. The molecule has 4 heterocycles. The number of hydrogen-bond acceptors (Lipinski definition) is 3. The minimum absolute atomic E-state index is 0.130. The molecule has 1 saturated carbocycles. The number of aromatic nitrogens is 1. The molecule has 2 aromatic carbocycles. The van der Waals surface area contributed by atoms with Crippen LogP contribution < -0.4 is 0 Å². The number of amides is 1. The summed E-state index contributed by atoms with van der Waals surface area (Å²) in [6.45, 7) is 3.19. The van der Waals surface area contributed by atoms with Gasteiger partial charge in [0.05, 0.1) is 0 Å². The normalized spacial score (nSPS) is 29.0. The highest BCUT2D eigenvalue weighted by Crippen LogP contribution is 2.54.